The molecule has 2 fully saturated rings. The number of ether oxygens (including phenoxy) is 1. The van der Waals surface area contributed by atoms with E-state index in [-0.39, 0.29) is 36.6 Å². The van der Waals surface area contributed by atoms with E-state index in [0.717, 1.165) is 44.3 Å². The van der Waals surface area contributed by atoms with E-state index in [9.17, 15) is 9.90 Å². The van der Waals surface area contributed by atoms with Gasteiger partial charge in [-0.1, -0.05) is 30.3 Å². The summed E-state index contributed by atoms with van der Waals surface area (Å²) in [6.07, 6.45) is 3.37. The lowest BCUT2D eigenvalue weighted by atomic mass is 9.91. The van der Waals surface area contributed by atoms with Gasteiger partial charge in [0.05, 0.1) is 12.1 Å². The maximum absolute atomic E-state index is 12.3. The van der Waals surface area contributed by atoms with Crippen molar-refractivity contribution in [2.45, 2.75) is 37.8 Å². The molecule has 2 heterocycles. The highest BCUT2D eigenvalue weighted by molar-refractivity contribution is 5.85. The van der Waals surface area contributed by atoms with E-state index in [1.807, 2.05) is 30.3 Å². The first kappa shape index (κ1) is 26.1. The molecule has 2 aliphatic heterocycles. The molecule has 0 bridgehead atoms. The Morgan fingerprint density at radius 2 is 1.76 bits per heavy atom. The van der Waals surface area contributed by atoms with Crippen LogP contribution in [0.25, 0.3) is 0 Å². The van der Waals surface area contributed by atoms with Crippen LogP contribution in [0.15, 0.2) is 30.3 Å². The lowest BCUT2D eigenvalue weighted by Crippen LogP contribution is -2.49. The number of piperidine rings is 1. The van der Waals surface area contributed by atoms with Crippen LogP contribution in [0.2, 0.25) is 0 Å². The molecule has 0 aromatic heterocycles. The third-order valence-electron chi connectivity index (χ3n) is 5.96. The second-order valence-electron chi connectivity index (χ2n) is 7.89. The predicted octanol–water partition coefficient (Wildman–Crippen LogP) is 2.15. The molecular weight excluding hydrogens is 413 g/mol. The van der Waals surface area contributed by atoms with Gasteiger partial charge in [-0.15, -0.1) is 24.8 Å². The molecule has 4 N–H and O–H groups in total. The summed E-state index contributed by atoms with van der Waals surface area (Å²) in [6.45, 7) is 4.69. The zero-order valence-electron chi connectivity index (χ0n) is 16.9. The van der Waals surface area contributed by atoms with Crippen molar-refractivity contribution >= 4 is 30.7 Å². The SMILES string of the molecule is Cl.Cl.NC(C(=O)NCC1CCN(CC(O)c2ccccc2)CC1)C1CCOCC1. The zero-order valence-corrected chi connectivity index (χ0v) is 18.5. The molecule has 0 saturated carbocycles. The van der Waals surface area contributed by atoms with Gasteiger partial charge < -0.3 is 25.8 Å². The van der Waals surface area contributed by atoms with Crippen molar-refractivity contribution in [3.63, 3.8) is 0 Å². The number of β-amino-alcohol motifs (C(OH)–C–C–N with tert-alkyl or cyclic N) is 1. The lowest BCUT2D eigenvalue weighted by molar-refractivity contribution is -0.124. The van der Waals surface area contributed by atoms with Crippen molar-refractivity contribution in [1.82, 2.24) is 10.2 Å². The normalized spacial score (nSPS) is 20.8. The first-order valence-corrected chi connectivity index (χ1v) is 10.2. The number of likely N-dealkylation sites (tertiary alicyclic amines) is 1. The van der Waals surface area contributed by atoms with Gasteiger partial charge in [0.15, 0.2) is 0 Å². The highest BCUT2D eigenvalue weighted by Crippen LogP contribution is 2.21. The van der Waals surface area contributed by atoms with Gasteiger partial charge in [0.1, 0.15) is 0 Å². The van der Waals surface area contributed by atoms with Gasteiger partial charge in [0.2, 0.25) is 5.91 Å². The predicted molar refractivity (Wildman–Crippen MR) is 120 cm³/mol. The molecule has 2 atom stereocenters. The van der Waals surface area contributed by atoms with Gasteiger partial charge >= 0.3 is 0 Å². The van der Waals surface area contributed by atoms with Crippen LogP contribution in [0.4, 0.5) is 0 Å². The van der Waals surface area contributed by atoms with E-state index in [1.165, 1.54) is 0 Å². The number of aliphatic hydroxyl groups excluding tert-OH is 1. The highest BCUT2D eigenvalue weighted by Gasteiger charge is 2.27. The minimum atomic E-state index is -0.445. The maximum Gasteiger partial charge on any atom is 0.237 e. The molecule has 2 aliphatic rings. The van der Waals surface area contributed by atoms with Gasteiger partial charge in [-0.2, -0.15) is 0 Å². The fraction of sp³-hybridized carbons (Fsp3) is 0.667. The van der Waals surface area contributed by atoms with E-state index in [1.54, 1.807) is 0 Å². The Bertz CT molecular complexity index is 580. The van der Waals surface area contributed by atoms with Gasteiger partial charge in [-0.3, -0.25) is 4.79 Å². The summed E-state index contributed by atoms with van der Waals surface area (Å²) >= 11 is 0. The fourth-order valence-electron chi connectivity index (χ4n) is 4.05. The summed E-state index contributed by atoms with van der Waals surface area (Å²) in [4.78, 5) is 14.6. The van der Waals surface area contributed by atoms with Crippen molar-refractivity contribution in [3.8, 4) is 0 Å². The van der Waals surface area contributed by atoms with E-state index < -0.39 is 12.1 Å². The third kappa shape index (κ3) is 8.04. The van der Waals surface area contributed by atoms with Crippen LogP contribution in [0, 0.1) is 11.8 Å². The lowest BCUT2D eigenvalue weighted by Gasteiger charge is -2.33. The Kier molecular flexibility index (Phi) is 12.1. The van der Waals surface area contributed by atoms with Crippen LogP contribution in [-0.4, -0.2) is 61.3 Å². The minimum Gasteiger partial charge on any atom is -0.387 e. The molecule has 0 aliphatic carbocycles. The Morgan fingerprint density at radius 3 is 2.38 bits per heavy atom. The average molecular weight is 448 g/mol. The van der Waals surface area contributed by atoms with E-state index >= 15 is 0 Å². The second-order valence-corrected chi connectivity index (χ2v) is 7.89. The number of carbonyl (C=O) groups excluding carboxylic acids is 1. The van der Waals surface area contributed by atoms with E-state index in [0.29, 0.717) is 32.2 Å². The second kappa shape index (κ2) is 13.4. The number of rotatable bonds is 7. The fourth-order valence-corrected chi connectivity index (χ4v) is 4.05. The summed E-state index contributed by atoms with van der Waals surface area (Å²) in [5, 5.41) is 13.4. The molecule has 166 valence electrons. The first-order chi connectivity index (χ1) is 13.1. The topological polar surface area (TPSA) is 87.8 Å². The molecule has 1 aromatic carbocycles. The zero-order chi connectivity index (χ0) is 19.1. The summed E-state index contributed by atoms with van der Waals surface area (Å²) in [7, 11) is 0. The van der Waals surface area contributed by atoms with Crippen molar-refractivity contribution in [2.24, 2.45) is 17.6 Å². The number of amides is 1. The van der Waals surface area contributed by atoms with Gasteiger partial charge in [0, 0.05) is 26.3 Å². The molecular formula is C21H35Cl2N3O3. The Labute approximate surface area is 186 Å². The van der Waals surface area contributed by atoms with Crippen molar-refractivity contribution < 1.29 is 14.6 Å². The van der Waals surface area contributed by atoms with Crippen LogP contribution in [0.1, 0.15) is 37.4 Å². The highest BCUT2D eigenvalue weighted by atomic mass is 35.5. The molecule has 6 nitrogen and oxygen atoms in total. The molecule has 29 heavy (non-hydrogen) atoms. The number of nitrogens with zero attached hydrogens (tertiary/aromatic N) is 1. The van der Waals surface area contributed by atoms with Crippen LogP contribution in [-0.2, 0) is 9.53 Å². The molecule has 2 saturated heterocycles. The molecule has 2 unspecified atom stereocenters. The molecule has 3 rings (SSSR count). The summed E-state index contributed by atoms with van der Waals surface area (Å²) in [5.74, 6) is 0.699. The van der Waals surface area contributed by atoms with Crippen molar-refractivity contribution in [1.29, 1.82) is 0 Å². The number of halogens is 2. The Balaban J connectivity index is 0.00000210. The van der Waals surface area contributed by atoms with Gasteiger partial charge in [-0.25, -0.2) is 0 Å². The smallest absolute Gasteiger partial charge is 0.237 e. The largest absolute Gasteiger partial charge is 0.387 e. The quantitative estimate of drug-likeness (QED) is 0.595. The Hall–Kier alpha value is -0.890. The average Bonchev–Trinajstić information content (AvgIpc) is 2.73. The monoisotopic (exact) mass is 447 g/mol. The summed E-state index contributed by atoms with van der Waals surface area (Å²) in [5.41, 5.74) is 7.10. The molecule has 1 amide bonds. The van der Waals surface area contributed by atoms with Crippen LogP contribution >= 0.6 is 24.8 Å². The number of carbonyl (C=O) groups is 1. The number of aliphatic hydroxyl groups is 1. The molecule has 0 spiro atoms. The van der Waals surface area contributed by atoms with E-state index in [4.69, 9.17) is 10.5 Å². The number of hydrogen-bond acceptors (Lipinski definition) is 5. The molecule has 8 heteroatoms. The molecule has 0 radical (unpaired) electrons. The molecule has 1 aromatic rings. The van der Waals surface area contributed by atoms with Gasteiger partial charge in [-0.05, 0) is 56.2 Å². The first-order valence-electron chi connectivity index (χ1n) is 10.2. The van der Waals surface area contributed by atoms with Crippen molar-refractivity contribution in [2.75, 3.05) is 39.4 Å². The number of nitrogens with one attached hydrogen (secondary N) is 1. The maximum atomic E-state index is 12.3. The summed E-state index contributed by atoms with van der Waals surface area (Å²) < 4.78 is 5.34. The minimum absolute atomic E-state index is 0. The Morgan fingerprint density at radius 1 is 1.14 bits per heavy atom. The third-order valence-corrected chi connectivity index (χ3v) is 5.96. The number of nitrogens with two attached hydrogens (primary N) is 1. The van der Waals surface area contributed by atoms with Crippen LogP contribution in [0.3, 0.4) is 0 Å². The van der Waals surface area contributed by atoms with E-state index in [2.05, 4.69) is 10.2 Å². The van der Waals surface area contributed by atoms with Crippen molar-refractivity contribution in [3.05, 3.63) is 35.9 Å². The number of hydrogen-bond donors (Lipinski definition) is 3. The van der Waals surface area contributed by atoms with Crippen LogP contribution < -0.4 is 11.1 Å². The van der Waals surface area contributed by atoms with Crippen LogP contribution in [0.5, 0.6) is 0 Å². The van der Waals surface area contributed by atoms with Gasteiger partial charge in [0.25, 0.3) is 0 Å². The summed E-state index contributed by atoms with van der Waals surface area (Å²) in [6, 6.07) is 9.39. The number of benzene rings is 1. The standard InChI is InChI=1S/C21H33N3O3.2ClH/c22-20(18-8-12-27-13-9-18)21(26)23-14-16-6-10-24(11-7-16)15-19(25)17-4-2-1-3-5-17;;/h1-5,16,18-20,25H,6-15,22H2,(H,23,26);2*1H.